The van der Waals surface area contributed by atoms with Gasteiger partial charge in [0.25, 0.3) is 0 Å². The zero-order chi connectivity index (χ0) is 46.0. The summed E-state index contributed by atoms with van der Waals surface area (Å²) in [7, 11) is 1.32. The first-order valence-electron chi connectivity index (χ1n) is 24.0. The van der Waals surface area contributed by atoms with Crippen LogP contribution in [0.3, 0.4) is 0 Å². The van der Waals surface area contributed by atoms with Crippen LogP contribution in [0.5, 0.6) is 0 Å². The van der Waals surface area contributed by atoms with Crippen molar-refractivity contribution >= 4 is 19.8 Å². The van der Waals surface area contributed by atoms with Crippen molar-refractivity contribution in [3.8, 4) is 0 Å². The number of ether oxygens (including phenoxy) is 2. The molecule has 0 spiro atoms. The smallest absolute Gasteiger partial charge is 0.466 e. The lowest BCUT2D eigenvalue weighted by atomic mass is 9.88. The summed E-state index contributed by atoms with van der Waals surface area (Å²) in [6, 6.07) is 0. The molecule has 1 aromatic heterocycles. The number of unbranched alkanes of at least 4 members (excludes halogenated alkanes) is 12. The molecule has 1 fully saturated rings. The van der Waals surface area contributed by atoms with Crippen molar-refractivity contribution in [2.45, 2.75) is 200 Å². The highest BCUT2D eigenvalue weighted by molar-refractivity contribution is 7.47. The van der Waals surface area contributed by atoms with Crippen LogP contribution < -0.4 is 0 Å². The van der Waals surface area contributed by atoms with Gasteiger partial charge in [0.1, 0.15) is 31.3 Å². The van der Waals surface area contributed by atoms with Crippen LogP contribution in [0.2, 0.25) is 0 Å². The number of quaternary nitrogens is 1. The van der Waals surface area contributed by atoms with Crippen LogP contribution in [0.15, 0.2) is 16.6 Å². The van der Waals surface area contributed by atoms with Crippen LogP contribution in [0.25, 0.3) is 0 Å². The van der Waals surface area contributed by atoms with Gasteiger partial charge in [-0.2, -0.15) is 0 Å². The zero-order valence-electron chi connectivity index (χ0n) is 39.7. The molecule has 2 rings (SSSR count). The molecule has 1 aromatic rings. The second-order valence-electron chi connectivity index (χ2n) is 18.7. The summed E-state index contributed by atoms with van der Waals surface area (Å²) >= 11 is 0. The number of furan rings is 1. The van der Waals surface area contributed by atoms with E-state index < -0.39 is 50.8 Å². The molecule has 1 aliphatic carbocycles. The van der Waals surface area contributed by atoms with Gasteiger partial charge in [0.05, 0.1) is 46.1 Å². The van der Waals surface area contributed by atoms with Crippen molar-refractivity contribution in [3.63, 3.8) is 0 Å². The summed E-state index contributed by atoms with van der Waals surface area (Å²) in [5, 5.41) is 31.5. The summed E-state index contributed by atoms with van der Waals surface area (Å²) in [6.07, 6.45) is 20.1. The Labute approximate surface area is 374 Å². The number of aliphatic hydroxyl groups excluding tert-OH is 3. The van der Waals surface area contributed by atoms with Crippen LogP contribution in [-0.4, -0.2) is 109 Å². The highest BCUT2D eigenvalue weighted by atomic mass is 31.2. The summed E-state index contributed by atoms with van der Waals surface area (Å²) in [5.74, 6) is 0.987. The van der Waals surface area contributed by atoms with Gasteiger partial charge in [-0.15, -0.1) is 0 Å². The van der Waals surface area contributed by atoms with Gasteiger partial charge < -0.3 is 38.6 Å². The predicted molar refractivity (Wildman–Crippen MR) is 244 cm³/mol. The summed E-state index contributed by atoms with van der Waals surface area (Å²) in [5.41, 5.74) is 2.58. The van der Waals surface area contributed by atoms with E-state index in [4.69, 9.17) is 22.9 Å². The lowest BCUT2D eigenvalue weighted by Crippen LogP contribution is -2.37. The topological polar surface area (TPSA) is 182 Å². The van der Waals surface area contributed by atoms with Crippen LogP contribution >= 0.6 is 7.82 Å². The summed E-state index contributed by atoms with van der Waals surface area (Å²) < 4.78 is 40.7. The lowest BCUT2D eigenvalue weighted by Gasteiger charge is -2.24. The molecule has 1 heterocycles. The molecule has 0 aliphatic heterocycles. The van der Waals surface area contributed by atoms with E-state index in [1.807, 2.05) is 27.2 Å². The van der Waals surface area contributed by atoms with Gasteiger partial charge in [0.15, 0.2) is 6.10 Å². The Kier molecular flexibility index (Phi) is 28.0. The van der Waals surface area contributed by atoms with Crippen molar-refractivity contribution in [1.82, 2.24) is 0 Å². The van der Waals surface area contributed by atoms with Gasteiger partial charge >= 0.3 is 19.8 Å². The number of esters is 2. The SMILES string of the molecule is CCCCCc1oc(CCCCCCCCC(=O)OC[C@H](COP(=O)(O)OCC[N+](C)(C)C)OC(=O)CCCCCC[C@@H]2[C@@H](/C=C/[C@@H](O)CCCCC)[C@H](O)C[C@@H]2O)c(C)c1C. The summed E-state index contributed by atoms with van der Waals surface area (Å²) in [4.78, 5) is 35.8. The van der Waals surface area contributed by atoms with Crippen molar-refractivity contribution in [3.05, 3.63) is 34.8 Å². The number of aryl methyl sites for hydroxylation is 2. The van der Waals surface area contributed by atoms with Crippen LogP contribution in [0.4, 0.5) is 0 Å². The second-order valence-corrected chi connectivity index (χ2v) is 20.1. The zero-order valence-corrected chi connectivity index (χ0v) is 40.6. The molecule has 0 radical (unpaired) electrons. The van der Waals surface area contributed by atoms with E-state index in [0.717, 1.165) is 108 Å². The highest BCUT2D eigenvalue weighted by Crippen LogP contribution is 2.43. The molecule has 1 saturated carbocycles. The Morgan fingerprint density at radius 2 is 1.34 bits per heavy atom. The quantitative estimate of drug-likeness (QED) is 0.0165. The third kappa shape index (κ3) is 24.3. The number of carbonyl (C=O) groups excluding carboxylic acids is 2. The first kappa shape index (κ1) is 56.0. The Hall–Kier alpha value is -2.09. The summed E-state index contributed by atoms with van der Waals surface area (Å²) in [6.45, 7) is 8.32. The number of hydrogen-bond acceptors (Lipinski definition) is 11. The minimum Gasteiger partial charge on any atom is -0.466 e. The number of aliphatic hydroxyl groups is 3. The van der Waals surface area contributed by atoms with Crippen LogP contribution in [0.1, 0.15) is 171 Å². The molecule has 1 aliphatic rings. The van der Waals surface area contributed by atoms with E-state index in [2.05, 4.69) is 27.7 Å². The van der Waals surface area contributed by atoms with E-state index in [9.17, 15) is 34.4 Å². The number of rotatable bonds is 36. The number of likely N-dealkylation sites (N-methyl/N-ethyl adjacent to an activating group) is 1. The van der Waals surface area contributed by atoms with E-state index in [-0.39, 0.29) is 37.9 Å². The Morgan fingerprint density at radius 1 is 0.774 bits per heavy atom. The van der Waals surface area contributed by atoms with Gasteiger partial charge in [-0.3, -0.25) is 18.6 Å². The first-order valence-corrected chi connectivity index (χ1v) is 25.5. The van der Waals surface area contributed by atoms with E-state index in [1.54, 1.807) is 6.08 Å². The second kappa shape index (κ2) is 30.9. The van der Waals surface area contributed by atoms with E-state index in [1.165, 1.54) is 24.0 Å². The van der Waals surface area contributed by atoms with Gasteiger partial charge in [0.2, 0.25) is 0 Å². The molecule has 7 atom stereocenters. The highest BCUT2D eigenvalue weighted by Gasteiger charge is 2.39. The largest absolute Gasteiger partial charge is 0.472 e. The van der Waals surface area contributed by atoms with Crippen molar-refractivity contribution < 1.29 is 61.8 Å². The monoisotopic (exact) mass is 901 g/mol. The van der Waals surface area contributed by atoms with Gasteiger partial charge in [-0.05, 0) is 69.4 Å². The van der Waals surface area contributed by atoms with Crippen LogP contribution in [-0.2, 0) is 45.5 Å². The average molecular weight is 901 g/mol. The Morgan fingerprint density at radius 3 is 1.97 bits per heavy atom. The minimum absolute atomic E-state index is 0.0139. The fourth-order valence-electron chi connectivity index (χ4n) is 7.99. The molecule has 14 heteroatoms. The van der Waals surface area contributed by atoms with Crippen LogP contribution in [0, 0.1) is 25.7 Å². The normalized spacial score (nSPS) is 20.1. The first-order chi connectivity index (χ1) is 29.5. The Balaban J connectivity index is 1.75. The number of carbonyl (C=O) groups is 2. The van der Waals surface area contributed by atoms with Crippen molar-refractivity contribution in [2.75, 3.05) is 47.5 Å². The molecule has 0 aromatic carbocycles. The number of phosphoric ester groups is 1. The van der Waals surface area contributed by atoms with E-state index >= 15 is 0 Å². The molecule has 360 valence electrons. The molecule has 0 saturated heterocycles. The fraction of sp³-hybridized carbons (Fsp3) is 0.833. The number of phosphoric acid groups is 1. The minimum atomic E-state index is -4.45. The molecule has 1 unspecified atom stereocenters. The molecular formula is C48H87NO12P+. The fourth-order valence-corrected chi connectivity index (χ4v) is 8.74. The molecule has 4 N–H and O–H groups in total. The molecule has 62 heavy (non-hydrogen) atoms. The third-order valence-electron chi connectivity index (χ3n) is 12.1. The molecular weight excluding hydrogens is 813 g/mol. The van der Waals surface area contributed by atoms with Gasteiger partial charge in [0, 0.05) is 38.0 Å². The average Bonchev–Trinajstić information content (AvgIpc) is 3.63. The number of hydrogen-bond donors (Lipinski definition) is 4. The van der Waals surface area contributed by atoms with Gasteiger partial charge in [-0.1, -0.05) is 103 Å². The van der Waals surface area contributed by atoms with E-state index in [0.29, 0.717) is 36.7 Å². The molecule has 0 amide bonds. The van der Waals surface area contributed by atoms with Crippen molar-refractivity contribution in [2.24, 2.45) is 11.8 Å². The van der Waals surface area contributed by atoms with Gasteiger partial charge in [-0.25, -0.2) is 4.57 Å². The molecule has 13 nitrogen and oxygen atoms in total. The van der Waals surface area contributed by atoms with Crippen molar-refractivity contribution in [1.29, 1.82) is 0 Å². The third-order valence-corrected chi connectivity index (χ3v) is 13.1. The number of nitrogens with zero attached hydrogens (tertiary/aromatic N) is 1. The standard InChI is InChI=1S/C48H86NO12P/c1-8-10-18-24-39(50)30-31-42-41(43(51)34-44(42)52)25-20-16-17-23-29-48(54)60-40(36-59-62(55,56)58-33-32-49(5,6)7)35-57-47(53)28-22-15-13-12-14-21-27-46-38(4)37(3)45(61-46)26-19-11-9-2/h30-31,39-44,50-52H,8-29,32-36H2,1-7H3/p+1/b31-30+/t39-,40+,41+,42+,43-,44+/m0/s1. The maximum absolute atomic E-state index is 12.9. The molecule has 0 bridgehead atoms. The Bertz CT molecular complexity index is 1460. The predicted octanol–water partition coefficient (Wildman–Crippen LogP) is 9.39. The maximum atomic E-state index is 12.9. The lowest BCUT2D eigenvalue weighted by molar-refractivity contribution is -0.870. The maximum Gasteiger partial charge on any atom is 0.472 e.